The SMILES string of the molecule is Cc1ncc[nH]1.[Co+2]. The summed E-state index contributed by atoms with van der Waals surface area (Å²) < 4.78 is 0. The first kappa shape index (κ1) is 6.72. The van der Waals surface area contributed by atoms with Gasteiger partial charge in [0, 0.05) is 12.4 Å². The van der Waals surface area contributed by atoms with Crippen LogP contribution in [0.5, 0.6) is 0 Å². The Morgan fingerprint density at radius 3 is 2.57 bits per heavy atom. The molecule has 0 unspecified atom stereocenters. The van der Waals surface area contributed by atoms with Crippen LogP contribution in [0.4, 0.5) is 0 Å². The molecule has 1 aromatic rings. The molecule has 7 heavy (non-hydrogen) atoms. The molecule has 0 atom stereocenters. The van der Waals surface area contributed by atoms with Gasteiger partial charge in [-0.05, 0) is 6.92 Å². The normalized spacial score (nSPS) is 7.57. The zero-order chi connectivity index (χ0) is 4.41. The number of aromatic amines is 1. The van der Waals surface area contributed by atoms with Crippen molar-refractivity contribution in [2.75, 3.05) is 0 Å². The fourth-order valence-electron chi connectivity index (χ4n) is 0.344. The Balaban J connectivity index is 0.000000360. The van der Waals surface area contributed by atoms with Crippen LogP contribution < -0.4 is 0 Å². The van der Waals surface area contributed by atoms with Crippen LogP contribution in [0.3, 0.4) is 0 Å². The van der Waals surface area contributed by atoms with Gasteiger partial charge in [-0.25, -0.2) is 4.98 Å². The van der Waals surface area contributed by atoms with Crippen molar-refractivity contribution in [3.05, 3.63) is 18.2 Å². The molecule has 1 aromatic heterocycles. The van der Waals surface area contributed by atoms with E-state index in [1.165, 1.54) is 0 Å². The van der Waals surface area contributed by atoms with E-state index >= 15 is 0 Å². The Kier molecular flexibility index (Phi) is 2.70. The molecule has 0 aliphatic heterocycles. The number of rotatable bonds is 0. The summed E-state index contributed by atoms with van der Waals surface area (Å²) in [5, 5.41) is 0. The summed E-state index contributed by atoms with van der Waals surface area (Å²) in [7, 11) is 0. The average Bonchev–Trinajstić information content (AvgIpc) is 1.86. The fourth-order valence-corrected chi connectivity index (χ4v) is 0.344. The number of aromatic nitrogens is 2. The molecule has 1 N–H and O–H groups in total. The van der Waals surface area contributed by atoms with Crippen LogP contribution in [-0.4, -0.2) is 9.97 Å². The van der Waals surface area contributed by atoms with Crippen molar-refractivity contribution in [2.45, 2.75) is 6.92 Å². The maximum absolute atomic E-state index is 3.86. The van der Waals surface area contributed by atoms with E-state index < -0.39 is 0 Å². The number of nitrogens with one attached hydrogen (secondary N) is 1. The molecule has 1 heterocycles. The third-order valence-electron chi connectivity index (χ3n) is 0.635. The average molecular weight is 141 g/mol. The molecule has 1 radical (unpaired) electrons. The first-order valence-electron chi connectivity index (χ1n) is 1.85. The van der Waals surface area contributed by atoms with E-state index in [2.05, 4.69) is 9.97 Å². The van der Waals surface area contributed by atoms with Crippen molar-refractivity contribution in [3.8, 4) is 0 Å². The van der Waals surface area contributed by atoms with Crippen LogP contribution >= 0.6 is 0 Å². The minimum Gasteiger partial charge on any atom is -0.349 e. The van der Waals surface area contributed by atoms with Gasteiger partial charge in [0.2, 0.25) is 0 Å². The summed E-state index contributed by atoms with van der Waals surface area (Å²) in [4.78, 5) is 6.75. The van der Waals surface area contributed by atoms with Crippen molar-refractivity contribution in [1.29, 1.82) is 0 Å². The van der Waals surface area contributed by atoms with Gasteiger partial charge in [-0.3, -0.25) is 0 Å². The van der Waals surface area contributed by atoms with E-state index in [1.54, 1.807) is 12.4 Å². The molecule has 0 aromatic carbocycles. The summed E-state index contributed by atoms with van der Waals surface area (Å²) in [6.07, 6.45) is 3.53. The van der Waals surface area contributed by atoms with Crippen molar-refractivity contribution in [3.63, 3.8) is 0 Å². The predicted octanol–water partition coefficient (Wildman–Crippen LogP) is 0.716. The van der Waals surface area contributed by atoms with Crippen LogP contribution in [-0.2, 0) is 16.8 Å². The van der Waals surface area contributed by atoms with Crippen LogP contribution in [0.1, 0.15) is 5.82 Å². The molecule has 1 rings (SSSR count). The zero-order valence-electron chi connectivity index (χ0n) is 3.94. The van der Waals surface area contributed by atoms with E-state index in [1.807, 2.05) is 6.92 Å². The third-order valence-corrected chi connectivity index (χ3v) is 0.635. The summed E-state index contributed by atoms with van der Waals surface area (Å²) in [6, 6.07) is 0. The third kappa shape index (κ3) is 1.75. The van der Waals surface area contributed by atoms with Gasteiger partial charge in [0.15, 0.2) is 0 Å². The number of hydrogen-bond donors (Lipinski definition) is 1. The van der Waals surface area contributed by atoms with E-state index in [4.69, 9.17) is 0 Å². The van der Waals surface area contributed by atoms with Gasteiger partial charge in [-0.2, -0.15) is 0 Å². The smallest absolute Gasteiger partial charge is 0.349 e. The number of nitrogens with zero attached hydrogens (tertiary/aromatic N) is 1. The summed E-state index contributed by atoms with van der Waals surface area (Å²) >= 11 is 0. The largest absolute Gasteiger partial charge is 2.00 e. The second kappa shape index (κ2) is 2.82. The molecule has 0 aliphatic rings. The molecule has 3 heteroatoms. The van der Waals surface area contributed by atoms with Crippen molar-refractivity contribution < 1.29 is 16.8 Å². The molecule has 0 fully saturated rings. The molecule has 2 nitrogen and oxygen atoms in total. The second-order valence-electron chi connectivity index (χ2n) is 1.17. The fraction of sp³-hybridized carbons (Fsp3) is 0.250. The summed E-state index contributed by atoms with van der Waals surface area (Å²) in [5.74, 6) is 0.968. The summed E-state index contributed by atoms with van der Waals surface area (Å²) in [5.41, 5.74) is 0. The van der Waals surface area contributed by atoms with E-state index in [-0.39, 0.29) is 16.8 Å². The van der Waals surface area contributed by atoms with Crippen LogP contribution in [0.25, 0.3) is 0 Å². The molecule has 0 saturated carbocycles. The molecule has 0 amide bonds. The molecule has 0 saturated heterocycles. The van der Waals surface area contributed by atoms with Crippen molar-refractivity contribution in [2.24, 2.45) is 0 Å². The van der Waals surface area contributed by atoms with Gasteiger partial charge in [-0.1, -0.05) is 0 Å². The number of imidazole rings is 1. The number of H-pyrrole nitrogens is 1. The van der Waals surface area contributed by atoms with E-state index in [0.717, 1.165) is 5.82 Å². The van der Waals surface area contributed by atoms with Gasteiger partial charge in [0.05, 0.1) is 0 Å². The number of hydrogen-bond acceptors (Lipinski definition) is 1. The molecule has 0 aliphatic carbocycles. The Morgan fingerprint density at radius 1 is 1.71 bits per heavy atom. The van der Waals surface area contributed by atoms with Gasteiger partial charge >= 0.3 is 16.8 Å². The first-order chi connectivity index (χ1) is 2.89. The zero-order valence-corrected chi connectivity index (χ0v) is 4.98. The molecule has 39 valence electrons. The standard InChI is InChI=1S/C4H6N2.Co/c1-4-5-2-3-6-4;/h2-3H,1H3,(H,5,6);/q;+2. The Bertz CT molecular complexity index is 113. The molecular weight excluding hydrogens is 135 g/mol. The predicted molar refractivity (Wildman–Crippen MR) is 23.3 cm³/mol. The monoisotopic (exact) mass is 141 g/mol. The van der Waals surface area contributed by atoms with Gasteiger partial charge in [0.1, 0.15) is 5.82 Å². The second-order valence-corrected chi connectivity index (χ2v) is 1.17. The maximum Gasteiger partial charge on any atom is 2.00 e. The van der Waals surface area contributed by atoms with E-state index in [0.29, 0.717) is 0 Å². The van der Waals surface area contributed by atoms with Crippen LogP contribution in [0.2, 0.25) is 0 Å². The van der Waals surface area contributed by atoms with E-state index in [9.17, 15) is 0 Å². The Labute approximate surface area is 52.5 Å². The van der Waals surface area contributed by atoms with Crippen molar-refractivity contribution in [1.82, 2.24) is 9.97 Å². The molecule has 0 spiro atoms. The van der Waals surface area contributed by atoms with Gasteiger partial charge in [-0.15, -0.1) is 0 Å². The quantitative estimate of drug-likeness (QED) is 0.566. The maximum atomic E-state index is 3.86. The molecule has 0 bridgehead atoms. The minimum atomic E-state index is 0. The molecular formula is C4H6CoN2+2. The van der Waals surface area contributed by atoms with Crippen LogP contribution in [0.15, 0.2) is 12.4 Å². The Morgan fingerprint density at radius 2 is 2.43 bits per heavy atom. The number of aryl methyl sites for hydroxylation is 1. The summed E-state index contributed by atoms with van der Waals surface area (Å²) in [6.45, 7) is 1.92. The topological polar surface area (TPSA) is 28.7 Å². The van der Waals surface area contributed by atoms with Crippen LogP contribution in [0, 0.1) is 6.92 Å². The van der Waals surface area contributed by atoms with Crippen molar-refractivity contribution >= 4 is 0 Å². The minimum absolute atomic E-state index is 0. The van der Waals surface area contributed by atoms with Gasteiger partial charge in [0.25, 0.3) is 0 Å². The Hall–Kier alpha value is -0.284. The first-order valence-corrected chi connectivity index (χ1v) is 1.85. The van der Waals surface area contributed by atoms with Gasteiger partial charge < -0.3 is 4.98 Å².